The Bertz CT molecular complexity index is 1020. The quantitative estimate of drug-likeness (QED) is 0.149. The maximum Gasteiger partial charge on any atom is 0.460 e. The second-order valence-corrected chi connectivity index (χ2v) is 12.5. The van der Waals surface area contributed by atoms with E-state index >= 15 is 0 Å². The lowest BCUT2D eigenvalue weighted by Crippen LogP contribution is -2.74. The van der Waals surface area contributed by atoms with Crippen LogP contribution in [0.5, 0.6) is 0 Å². The van der Waals surface area contributed by atoms with Gasteiger partial charge < -0.3 is 0 Å². The van der Waals surface area contributed by atoms with Crippen molar-refractivity contribution in [2.45, 2.75) is 56.8 Å². The highest BCUT2D eigenvalue weighted by Crippen LogP contribution is 2.80. The molecule has 21 heteroatoms. The van der Waals surface area contributed by atoms with Crippen molar-refractivity contribution in [1.82, 2.24) is 0 Å². The van der Waals surface area contributed by atoms with Gasteiger partial charge in [0.1, 0.15) is 0 Å². The summed E-state index contributed by atoms with van der Waals surface area (Å²) in [5.74, 6) is -56.8. The molecule has 0 bridgehead atoms. The van der Waals surface area contributed by atoms with Gasteiger partial charge in [0.2, 0.25) is 0 Å². The first kappa shape index (κ1) is 32.5. The fraction of sp³-hybridized carbons (Fsp3) is 0.625. The van der Waals surface area contributed by atoms with Gasteiger partial charge in [0.15, 0.2) is 4.07 Å². The Morgan fingerprint density at radius 3 is 1.14 bits per heavy atom. The summed E-state index contributed by atoms with van der Waals surface area (Å²) in [5.41, 5.74) is -2.31. The van der Waals surface area contributed by atoms with Crippen LogP contribution in [0.1, 0.15) is 5.56 Å². The third-order valence-corrected chi connectivity index (χ3v) is 10.4. The van der Waals surface area contributed by atoms with Crippen LogP contribution in [0.4, 0.5) is 74.6 Å². The molecule has 0 aromatic heterocycles. The fourth-order valence-electron chi connectivity index (χ4n) is 2.70. The molecular weight excluding hydrogens is 652 g/mol. The topological polar surface area (TPSA) is 0 Å². The van der Waals surface area contributed by atoms with Crippen LogP contribution in [-0.2, 0) is 5.92 Å². The zero-order valence-electron chi connectivity index (χ0n) is 16.4. The first-order valence-electron chi connectivity index (χ1n) is 8.62. The van der Waals surface area contributed by atoms with Crippen molar-refractivity contribution in [3.63, 3.8) is 0 Å². The molecular formula is C16H5Cl3F17P. The Morgan fingerprint density at radius 2 is 0.838 bits per heavy atom. The largest absolute Gasteiger partial charge is 0.460 e. The van der Waals surface area contributed by atoms with E-state index in [1.54, 1.807) is 0 Å². The summed E-state index contributed by atoms with van der Waals surface area (Å²) in [6.45, 7) is 0. The van der Waals surface area contributed by atoms with Crippen LogP contribution in [0.25, 0.3) is 0 Å². The molecule has 0 spiro atoms. The van der Waals surface area contributed by atoms with Crippen molar-refractivity contribution in [3.8, 4) is 0 Å². The predicted molar refractivity (Wildman–Crippen MR) is 96.7 cm³/mol. The van der Waals surface area contributed by atoms with E-state index < -0.39 is 70.3 Å². The smallest absolute Gasteiger partial charge is 0.194 e. The highest BCUT2D eigenvalue weighted by molar-refractivity contribution is 7.82. The highest BCUT2D eigenvalue weighted by Gasteiger charge is 2.95. The van der Waals surface area contributed by atoms with Crippen LogP contribution < -0.4 is 5.30 Å². The Balaban J connectivity index is 2.55. The van der Waals surface area contributed by atoms with Crippen molar-refractivity contribution in [1.29, 1.82) is 0 Å². The second kappa shape index (κ2) is 8.66. The SMILES string of the molecule is FC(F)(F)C(F)(F)C(F)(F)C(F)(F)C(F)(F)C(F)(F)C(F)(F)C(F)(F)c1ccc(P2C(Cl)C2(Cl)Cl)cc1. The molecule has 0 aliphatic carbocycles. The monoisotopic (exact) mass is 656 g/mol. The van der Waals surface area contributed by atoms with Gasteiger partial charge in [-0.25, -0.2) is 0 Å². The Labute approximate surface area is 209 Å². The van der Waals surface area contributed by atoms with E-state index in [9.17, 15) is 74.6 Å². The van der Waals surface area contributed by atoms with Gasteiger partial charge in [-0.1, -0.05) is 47.5 Å². The highest BCUT2D eigenvalue weighted by atomic mass is 35.5. The normalized spacial score (nSPS) is 22.3. The maximum absolute atomic E-state index is 14.2. The fourth-order valence-corrected chi connectivity index (χ4v) is 7.09. The van der Waals surface area contributed by atoms with Crippen molar-refractivity contribution < 1.29 is 74.6 Å². The average molecular weight is 658 g/mol. The molecule has 1 aliphatic heterocycles. The van der Waals surface area contributed by atoms with Crippen molar-refractivity contribution in [2.75, 3.05) is 0 Å². The predicted octanol–water partition coefficient (Wildman–Crippen LogP) is 8.97. The summed E-state index contributed by atoms with van der Waals surface area (Å²) in [6.07, 6.45) is -7.80. The van der Waals surface area contributed by atoms with Crippen molar-refractivity contribution in [3.05, 3.63) is 29.8 Å². The minimum atomic E-state index is -8.67. The maximum atomic E-state index is 14.2. The third-order valence-electron chi connectivity index (χ3n) is 5.00. The molecule has 2 unspecified atom stereocenters. The van der Waals surface area contributed by atoms with Gasteiger partial charge in [-0.3, -0.25) is 0 Å². The molecule has 1 aromatic rings. The minimum absolute atomic E-state index is 0.129. The molecule has 2 rings (SSSR count). The number of alkyl halides is 20. The van der Waals surface area contributed by atoms with Gasteiger partial charge >= 0.3 is 47.6 Å². The van der Waals surface area contributed by atoms with E-state index in [0.717, 1.165) is 0 Å². The van der Waals surface area contributed by atoms with Gasteiger partial charge in [0, 0.05) is 5.56 Å². The van der Waals surface area contributed by atoms with Gasteiger partial charge in [0.05, 0.1) is 5.12 Å². The second-order valence-electron chi connectivity index (χ2n) is 7.36. The zero-order valence-corrected chi connectivity index (χ0v) is 19.6. The van der Waals surface area contributed by atoms with Crippen LogP contribution in [0.3, 0.4) is 0 Å². The van der Waals surface area contributed by atoms with Crippen LogP contribution >= 0.6 is 42.7 Å². The molecule has 37 heavy (non-hydrogen) atoms. The zero-order chi connectivity index (χ0) is 29.6. The van der Waals surface area contributed by atoms with Crippen LogP contribution in [0.15, 0.2) is 24.3 Å². The standard InChI is InChI=1S/C16H5Cl3F17P/c17-7-9(18,19)37(7)6-3-1-5(2-4-6)8(20,21)10(22,23)11(24,25)12(26,27)13(28,29)14(30,31)15(32,33)16(34,35)36/h1-4,7H. The number of halogens is 20. The average Bonchev–Trinajstić information content (AvgIpc) is 3.22. The Morgan fingerprint density at radius 1 is 0.541 bits per heavy atom. The number of hydrogen-bond acceptors (Lipinski definition) is 0. The van der Waals surface area contributed by atoms with Gasteiger partial charge in [-0.05, 0) is 13.2 Å². The van der Waals surface area contributed by atoms with Gasteiger partial charge in [-0.15, -0.1) is 11.6 Å². The number of hydrogen-bond donors (Lipinski definition) is 0. The summed E-state index contributed by atoms with van der Waals surface area (Å²) in [5, 5.41) is -1.15. The summed E-state index contributed by atoms with van der Waals surface area (Å²) < 4.78 is 225. The van der Waals surface area contributed by atoms with E-state index in [1.807, 2.05) is 0 Å². The Hall–Kier alpha value is -0.670. The van der Waals surface area contributed by atoms with E-state index in [4.69, 9.17) is 34.8 Å². The van der Waals surface area contributed by atoms with E-state index in [2.05, 4.69) is 0 Å². The molecule has 0 radical (unpaired) electrons. The summed E-state index contributed by atoms with van der Waals surface area (Å²) in [6, 6.07) is 0.679. The Kier molecular flexibility index (Phi) is 7.62. The van der Waals surface area contributed by atoms with E-state index in [-0.39, 0.29) is 17.4 Å². The molecule has 0 N–H and O–H groups in total. The van der Waals surface area contributed by atoms with Crippen molar-refractivity contribution >= 4 is 48.0 Å². The van der Waals surface area contributed by atoms with Crippen molar-refractivity contribution in [2.24, 2.45) is 0 Å². The lowest BCUT2D eigenvalue weighted by atomic mass is 9.87. The molecule has 2 atom stereocenters. The number of benzene rings is 1. The molecule has 214 valence electrons. The molecule has 1 aliphatic rings. The molecule has 0 amide bonds. The summed E-state index contributed by atoms with van der Waals surface area (Å²) in [7, 11) is -1.77. The van der Waals surface area contributed by atoms with Gasteiger partial charge in [0.25, 0.3) is 0 Å². The van der Waals surface area contributed by atoms with Crippen LogP contribution in [0.2, 0.25) is 0 Å². The molecule has 1 saturated heterocycles. The molecule has 0 nitrogen and oxygen atoms in total. The van der Waals surface area contributed by atoms with E-state index in [0.29, 0.717) is 12.1 Å². The first-order valence-corrected chi connectivity index (χ1v) is 11.2. The van der Waals surface area contributed by atoms with Gasteiger partial charge in [-0.2, -0.15) is 74.6 Å². The van der Waals surface area contributed by atoms with Crippen LogP contribution in [-0.4, -0.2) is 50.9 Å². The number of rotatable bonds is 8. The molecule has 1 aromatic carbocycles. The minimum Gasteiger partial charge on any atom is -0.194 e. The lowest BCUT2D eigenvalue weighted by Gasteiger charge is -2.42. The van der Waals surface area contributed by atoms with Crippen LogP contribution in [0, 0.1) is 0 Å². The third kappa shape index (κ3) is 4.23. The summed E-state index contributed by atoms with van der Waals surface area (Å²) in [4.78, 5) is 0. The summed E-state index contributed by atoms with van der Waals surface area (Å²) >= 11 is 17.1. The lowest BCUT2D eigenvalue weighted by molar-refractivity contribution is -0.462. The molecule has 1 fully saturated rings. The molecule has 1 heterocycles. The molecule has 0 saturated carbocycles. The van der Waals surface area contributed by atoms with E-state index in [1.165, 1.54) is 0 Å². The first-order chi connectivity index (χ1) is 16.0.